The Bertz CT molecular complexity index is 3530. The van der Waals surface area contributed by atoms with E-state index >= 15 is 0 Å². The highest BCUT2D eigenvalue weighted by Gasteiger charge is 2.28. The molecule has 134 heavy (non-hydrogen) atoms. The molecule has 1 saturated heterocycles. The molecule has 0 saturated carbocycles. The Labute approximate surface area is 784 Å². The van der Waals surface area contributed by atoms with E-state index in [0.717, 1.165) is 18.7 Å². The SMILES string of the molecule is CCCN(CCC)C(=O)C1=Cc2ccc(C(=O)Nc3ccc(N4CCC(C(=O)NCCNC(=O)CCOCCOCCOCCOCCOCCOCCOCCOCCOCCOCCOCCOCCOCCOCCOCCOCCOCCOCCOCCOCCOCCOCCOCCOCCOCCC(=O)Oc5c(F)c(F)cc(F)c5F)CC4)nc3)cc2N=C(N)C1. The average Bonchev–Trinajstić information content (AvgIpc) is 1.37. The summed E-state index contributed by atoms with van der Waals surface area (Å²) in [4.78, 5) is 76.9. The number of aliphatic imine (C=N–C) groups is 1. The predicted molar refractivity (Wildman–Crippen MR) is 482 cm³/mol. The summed E-state index contributed by atoms with van der Waals surface area (Å²) < 4.78 is 196. The molecule has 2 aliphatic rings. The van der Waals surface area contributed by atoms with Crippen LogP contribution >= 0.6 is 0 Å². The number of hydrogen-bond acceptors (Lipinski definition) is 35. The zero-order chi connectivity index (χ0) is 95.7. The van der Waals surface area contributed by atoms with Crippen LogP contribution in [0.4, 0.5) is 34.8 Å². The van der Waals surface area contributed by atoms with Gasteiger partial charge in [-0.15, -0.1) is 0 Å². The number of anilines is 2. The molecule has 3 heterocycles. The summed E-state index contributed by atoms with van der Waals surface area (Å²) in [6, 6.07) is 8.81. The number of amides is 4. The zero-order valence-corrected chi connectivity index (χ0v) is 78.3. The van der Waals surface area contributed by atoms with E-state index in [4.69, 9.17) is 124 Å². The molecule has 1 aromatic heterocycles. The van der Waals surface area contributed by atoms with Gasteiger partial charge in [0.15, 0.2) is 11.6 Å². The minimum absolute atomic E-state index is 0.0148. The fourth-order valence-electron chi connectivity index (χ4n) is 12.1. The van der Waals surface area contributed by atoms with Gasteiger partial charge < -0.3 is 155 Å². The van der Waals surface area contributed by atoms with Crippen LogP contribution in [0.3, 0.4) is 0 Å². The molecule has 0 unspecified atom stereocenters. The monoisotopic (exact) mass is 1920 g/mol. The Kier molecular flexibility index (Phi) is 71.4. The quantitative estimate of drug-likeness (QED) is 0.0176. The molecule has 0 radical (unpaired) electrons. The Morgan fingerprint density at radius 3 is 1.05 bits per heavy atom. The normalized spacial score (nSPS) is 12.9. The number of carbonyl (C=O) groups excluding carboxylic acids is 5. The van der Waals surface area contributed by atoms with Gasteiger partial charge in [0.1, 0.15) is 11.7 Å². The van der Waals surface area contributed by atoms with Crippen LogP contribution in [0.15, 0.2) is 53.2 Å². The summed E-state index contributed by atoms with van der Waals surface area (Å²) in [6.07, 6.45) is 6.44. The van der Waals surface area contributed by atoms with Crippen LogP contribution in [0.1, 0.15) is 74.7 Å². The van der Waals surface area contributed by atoms with Crippen LogP contribution < -0.4 is 31.3 Å². The topological polar surface area (TPSA) is 419 Å². The second-order valence-electron chi connectivity index (χ2n) is 29.4. The smallest absolute Gasteiger partial charge is 0.313 e. The molecule has 5 rings (SSSR count). The average molecular weight is 1920 g/mol. The van der Waals surface area contributed by atoms with Crippen molar-refractivity contribution in [3.63, 3.8) is 0 Å². The number of amidine groups is 1. The molecule has 43 heteroatoms. The molecular formula is C91H146F4N8O31. The molecule has 0 atom stereocenters. The molecule has 5 N–H and O–H groups in total. The molecule has 764 valence electrons. The van der Waals surface area contributed by atoms with Gasteiger partial charge in [0.2, 0.25) is 35.1 Å². The van der Waals surface area contributed by atoms with Crippen LogP contribution in [-0.4, -0.2) is 415 Å². The summed E-state index contributed by atoms with van der Waals surface area (Å²) in [5.74, 6) is -9.25. The van der Waals surface area contributed by atoms with Crippen molar-refractivity contribution in [2.75, 3.05) is 380 Å². The third kappa shape index (κ3) is 59.7. The minimum Gasteiger partial charge on any atom is -0.420 e. The molecule has 2 aliphatic heterocycles. The van der Waals surface area contributed by atoms with Crippen molar-refractivity contribution in [2.24, 2.45) is 16.6 Å². The largest absolute Gasteiger partial charge is 0.420 e. The lowest BCUT2D eigenvalue weighted by Gasteiger charge is -2.32. The van der Waals surface area contributed by atoms with Crippen molar-refractivity contribution < 1.29 is 165 Å². The number of benzene rings is 2. The number of piperidine rings is 1. The summed E-state index contributed by atoms with van der Waals surface area (Å²) in [5.41, 5.74) is 8.98. The number of nitrogens with two attached hydrogens (primary N) is 1. The van der Waals surface area contributed by atoms with Crippen molar-refractivity contribution in [3.8, 4) is 5.75 Å². The van der Waals surface area contributed by atoms with Crippen LogP contribution in [0.5, 0.6) is 5.75 Å². The van der Waals surface area contributed by atoms with E-state index in [2.05, 4.69) is 35.6 Å². The van der Waals surface area contributed by atoms with E-state index in [1.165, 1.54) is 0 Å². The third-order valence-electron chi connectivity index (χ3n) is 18.9. The maximum absolute atomic E-state index is 13.6. The second-order valence-corrected chi connectivity index (χ2v) is 29.4. The fraction of sp³-hybridized carbons (Fsp3) is 0.725. The van der Waals surface area contributed by atoms with Crippen molar-refractivity contribution in [1.29, 1.82) is 0 Å². The van der Waals surface area contributed by atoms with E-state index in [-0.39, 0.29) is 81.5 Å². The first kappa shape index (κ1) is 117. The van der Waals surface area contributed by atoms with E-state index in [0.29, 0.717) is 383 Å². The first-order valence-corrected chi connectivity index (χ1v) is 46.3. The van der Waals surface area contributed by atoms with E-state index < -0.39 is 41.4 Å². The number of halogens is 4. The van der Waals surface area contributed by atoms with Crippen molar-refractivity contribution in [1.82, 2.24) is 20.5 Å². The Balaban J connectivity index is 0.619. The number of hydrogen-bond donors (Lipinski definition) is 4. The highest BCUT2D eigenvalue weighted by atomic mass is 19.2. The van der Waals surface area contributed by atoms with E-state index in [1.54, 1.807) is 30.5 Å². The van der Waals surface area contributed by atoms with Crippen LogP contribution in [-0.2, 0) is 138 Å². The van der Waals surface area contributed by atoms with Gasteiger partial charge in [0, 0.05) is 80.8 Å². The van der Waals surface area contributed by atoms with Crippen LogP contribution in [0.2, 0.25) is 0 Å². The molecule has 0 aliphatic carbocycles. The number of nitrogens with one attached hydrogen (secondary N) is 3. The number of esters is 1. The van der Waals surface area contributed by atoms with Crippen molar-refractivity contribution >= 4 is 58.7 Å². The number of ether oxygens (including phenoxy) is 26. The Morgan fingerprint density at radius 2 is 0.731 bits per heavy atom. The molecular weight excluding hydrogens is 1780 g/mol. The first-order valence-electron chi connectivity index (χ1n) is 46.3. The molecule has 39 nitrogen and oxygen atoms in total. The lowest BCUT2D eigenvalue weighted by atomic mass is 9.96. The number of nitrogens with zero attached hydrogens (tertiary/aromatic N) is 4. The lowest BCUT2D eigenvalue weighted by Crippen LogP contribution is -2.42. The summed E-state index contributed by atoms with van der Waals surface area (Å²) in [6.45, 7) is 27.4. The highest BCUT2D eigenvalue weighted by Crippen LogP contribution is 2.31. The number of rotatable bonds is 91. The van der Waals surface area contributed by atoms with Gasteiger partial charge in [0.05, 0.1) is 354 Å². The lowest BCUT2D eigenvalue weighted by molar-refractivity contribution is -0.136. The summed E-state index contributed by atoms with van der Waals surface area (Å²) >= 11 is 0. The summed E-state index contributed by atoms with van der Waals surface area (Å²) in [7, 11) is 0. The number of pyridine rings is 1. The molecule has 2 aromatic carbocycles. The molecule has 4 amide bonds. The van der Waals surface area contributed by atoms with E-state index in [9.17, 15) is 41.5 Å². The van der Waals surface area contributed by atoms with Crippen LogP contribution in [0, 0.1) is 29.2 Å². The standard InChI is InChI=1S/C91H146F4N8O31/c1-3-15-103(16-4-2)91(108)77-69-75-5-6-76(70-81(75)101-82(96)71-77)90(107)100-78-7-8-83(99-73-78)102-17-9-74(10-18-102)89(106)98-14-13-97-84(104)11-19-109-21-23-111-25-27-113-29-31-115-33-35-117-37-39-119-41-43-121-45-47-123-49-51-125-53-55-127-57-59-129-61-63-131-65-67-133-68-66-132-64-62-130-60-58-128-56-54-126-52-50-124-48-46-122-44-42-120-40-38-118-36-34-116-32-30-114-28-26-112-24-22-110-20-12-85(105)134-88-86(94)79(92)72-80(93)87(88)95/h5-8,69-70,72-74H,3-4,9-68,71H2,1-2H3,(H2,96,101)(H,97,104)(H,98,106)(H,100,107). The van der Waals surface area contributed by atoms with Gasteiger partial charge in [-0.3, -0.25) is 24.0 Å². The predicted octanol–water partition coefficient (Wildman–Crippen LogP) is 5.56. The minimum atomic E-state index is -1.80. The molecule has 1 fully saturated rings. The maximum atomic E-state index is 13.6. The maximum Gasteiger partial charge on any atom is 0.313 e. The Morgan fingerprint density at radius 1 is 0.410 bits per heavy atom. The number of carbonyl (C=O) groups is 5. The Hall–Kier alpha value is -7.33. The number of fused-ring (bicyclic) bond motifs is 1. The molecule has 0 spiro atoms. The number of aromatic nitrogens is 1. The van der Waals surface area contributed by atoms with Gasteiger partial charge in [-0.2, -0.15) is 8.78 Å². The first-order chi connectivity index (χ1) is 65.8. The van der Waals surface area contributed by atoms with Crippen molar-refractivity contribution in [2.45, 2.75) is 58.8 Å². The van der Waals surface area contributed by atoms with Crippen molar-refractivity contribution in [3.05, 3.63) is 82.6 Å². The van der Waals surface area contributed by atoms with Gasteiger partial charge in [0.25, 0.3) is 5.91 Å². The molecule has 3 aromatic rings. The van der Waals surface area contributed by atoms with Gasteiger partial charge in [-0.25, -0.2) is 18.8 Å². The van der Waals surface area contributed by atoms with Gasteiger partial charge in [-0.1, -0.05) is 19.9 Å². The van der Waals surface area contributed by atoms with E-state index in [1.807, 2.05) is 30.9 Å². The zero-order valence-electron chi connectivity index (χ0n) is 78.3. The van der Waals surface area contributed by atoms with Gasteiger partial charge >= 0.3 is 5.97 Å². The molecule has 0 bridgehead atoms. The third-order valence-corrected chi connectivity index (χ3v) is 18.9. The summed E-state index contributed by atoms with van der Waals surface area (Å²) in [5, 5.41) is 8.67. The van der Waals surface area contributed by atoms with Crippen LogP contribution in [0.25, 0.3) is 6.08 Å². The van der Waals surface area contributed by atoms with Gasteiger partial charge in [-0.05, 0) is 56.0 Å². The fourth-order valence-corrected chi connectivity index (χ4v) is 12.1. The second kappa shape index (κ2) is 81.6. The highest BCUT2D eigenvalue weighted by molar-refractivity contribution is 6.08.